The normalized spacial score (nSPS) is 11.6. The van der Waals surface area contributed by atoms with Gasteiger partial charge in [0.1, 0.15) is 5.76 Å². The molecule has 0 aliphatic rings. The van der Waals surface area contributed by atoms with Crippen molar-refractivity contribution >= 4 is 17.7 Å². The summed E-state index contributed by atoms with van der Waals surface area (Å²) in [6.45, 7) is -0.187. The summed E-state index contributed by atoms with van der Waals surface area (Å²) in [6, 6.07) is 8.14. The minimum Gasteiger partial charge on any atom is -0.463 e. The molecule has 0 spiro atoms. The topological polar surface area (TPSA) is 77.5 Å². The Morgan fingerprint density at radius 3 is 2.79 bits per heavy atom. The molecule has 29 heavy (non-hydrogen) atoms. The van der Waals surface area contributed by atoms with Gasteiger partial charge in [0.15, 0.2) is 5.16 Å². The summed E-state index contributed by atoms with van der Waals surface area (Å²) in [5.41, 5.74) is 0.167. The minimum atomic E-state index is -4.43. The molecule has 0 atom stereocenters. The van der Waals surface area contributed by atoms with Crippen LogP contribution in [-0.4, -0.2) is 27.7 Å². The highest BCUT2D eigenvalue weighted by molar-refractivity contribution is 7.98. The van der Waals surface area contributed by atoms with Crippen molar-refractivity contribution in [1.29, 1.82) is 0 Å². The number of carbonyl (C=O) groups excluding carboxylic acids is 1. The number of aliphatic hydroxyl groups excluding tert-OH is 1. The lowest BCUT2D eigenvalue weighted by atomic mass is 10.1. The molecule has 0 aliphatic heterocycles. The molecule has 0 unspecified atom stereocenters. The molecule has 3 aromatic rings. The molecule has 0 fully saturated rings. The third-order valence-corrected chi connectivity index (χ3v) is 5.06. The molecule has 0 amide bonds. The predicted octanol–water partition coefficient (Wildman–Crippen LogP) is 4.11. The number of aliphatic hydroxyl groups is 1. The van der Waals surface area contributed by atoms with Gasteiger partial charge >= 0.3 is 12.1 Å². The largest absolute Gasteiger partial charge is 0.463 e. The molecule has 3 rings (SSSR count). The first-order valence-electron chi connectivity index (χ1n) is 8.43. The smallest absolute Gasteiger partial charge is 0.416 e. The summed E-state index contributed by atoms with van der Waals surface area (Å²) < 4.78 is 50.5. The van der Waals surface area contributed by atoms with E-state index in [4.69, 9.17) is 4.42 Å². The number of rotatable bonds is 7. The van der Waals surface area contributed by atoms with Crippen LogP contribution in [-0.2, 0) is 29.8 Å². The van der Waals surface area contributed by atoms with Gasteiger partial charge in [-0.2, -0.15) is 13.2 Å². The van der Waals surface area contributed by atoms with Crippen molar-refractivity contribution in [3.05, 3.63) is 70.9 Å². The van der Waals surface area contributed by atoms with Crippen molar-refractivity contribution in [3.8, 4) is 0 Å². The van der Waals surface area contributed by atoms with Crippen molar-refractivity contribution < 1.29 is 32.2 Å². The number of imidazole rings is 1. The maximum Gasteiger partial charge on any atom is 0.416 e. The molecule has 0 saturated heterocycles. The van der Waals surface area contributed by atoms with Gasteiger partial charge in [-0.1, -0.05) is 23.9 Å². The lowest BCUT2D eigenvalue weighted by Crippen LogP contribution is -2.09. The summed E-state index contributed by atoms with van der Waals surface area (Å²) in [4.78, 5) is 15.7. The number of hydrogen-bond acceptors (Lipinski definition) is 6. The molecule has 6 nitrogen and oxygen atoms in total. The Hall–Kier alpha value is -2.72. The van der Waals surface area contributed by atoms with Gasteiger partial charge in [-0.25, -0.2) is 9.78 Å². The molecule has 154 valence electrons. The van der Waals surface area contributed by atoms with E-state index in [0.29, 0.717) is 27.9 Å². The fourth-order valence-electron chi connectivity index (χ4n) is 2.63. The first-order valence-corrected chi connectivity index (χ1v) is 9.41. The minimum absolute atomic E-state index is 0.0754. The van der Waals surface area contributed by atoms with Crippen molar-refractivity contribution in [2.75, 3.05) is 7.11 Å². The Morgan fingerprint density at radius 1 is 1.31 bits per heavy atom. The Kier molecular flexibility index (Phi) is 6.33. The first-order chi connectivity index (χ1) is 13.8. The molecular formula is C19H17F3N2O4S. The highest BCUT2D eigenvalue weighted by Crippen LogP contribution is 2.30. The fourth-order valence-corrected chi connectivity index (χ4v) is 3.52. The molecule has 1 N–H and O–H groups in total. The molecule has 0 aliphatic carbocycles. The van der Waals surface area contributed by atoms with Crippen molar-refractivity contribution in [2.24, 2.45) is 0 Å². The Labute approximate surface area is 168 Å². The van der Waals surface area contributed by atoms with E-state index in [1.165, 1.54) is 37.2 Å². The molecule has 2 heterocycles. The SMILES string of the molecule is COC(=O)c1ccc(CSc2ncc(CO)n2Cc2cccc(C(F)(F)F)c2)o1. The lowest BCUT2D eigenvalue weighted by molar-refractivity contribution is -0.137. The number of aromatic nitrogens is 2. The number of furan rings is 1. The van der Waals surface area contributed by atoms with Crippen LogP contribution in [0.15, 0.2) is 52.2 Å². The second-order valence-corrected chi connectivity index (χ2v) is 6.96. The number of thioether (sulfide) groups is 1. The van der Waals surface area contributed by atoms with Crippen molar-refractivity contribution in [2.45, 2.75) is 30.2 Å². The number of benzene rings is 1. The van der Waals surface area contributed by atoms with Crippen LogP contribution < -0.4 is 0 Å². The second kappa shape index (κ2) is 8.75. The molecule has 0 radical (unpaired) electrons. The summed E-state index contributed by atoms with van der Waals surface area (Å²) in [6.07, 6.45) is -2.96. The van der Waals surface area contributed by atoms with Gasteiger partial charge in [0.05, 0.1) is 36.9 Å². The summed E-state index contributed by atoms with van der Waals surface area (Å²) in [5, 5.41) is 10.1. The zero-order chi connectivity index (χ0) is 21.0. The van der Waals surface area contributed by atoms with Crippen LogP contribution in [0.5, 0.6) is 0 Å². The average Bonchev–Trinajstić information content (AvgIpc) is 3.32. The van der Waals surface area contributed by atoms with Gasteiger partial charge in [0.25, 0.3) is 0 Å². The predicted molar refractivity (Wildman–Crippen MR) is 98.3 cm³/mol. The number of carbonyl (C=O) groups is 1. The highest BCUT2D eigenvalue weighted by Gasteiger charge is 2.30. The summed E-state index contributed by atoms with van der Waals surface area (Å²) in [5.74, 6) is 0.331. The van der Waals surface area contributed by atoms with Crippen LogP contribution in [0.3, 0.4) is 0 Å². The molecule has 0 bridgehead atoms. The van der Waals surface area contributed by atoms with Crippen LogP contribution in [0, 0.1) is 0 Å². The van der Waals surface area contributed by atoms with E-state index in [1.807, 2.05) is 0 Å². The van der Waals surface area contributed by atoms with E-state index in [2.05, 4.69) is 9.72 Å². The lowest BCUT2D eigenvalue weighted by Gasteiger charge is -2.12. The monoisotopic (exact) mass is 426 g/mol. The Balaban J connectivity index is 1.78. The zero-order valence-electron chi connectivity index (χ0n) is 15.3. The van der Waals surface area contributed by atoms with Gasteiger partial charge in [0, 0.05) is 6.54 Å². The Bertz CT molecular complexity index is 998. The third-order valence-electron chi connectivity index (χ3n) is 4.05. The number of hydrogen-bond donors (Lipinski definition) is 1. The van der Waals surface area contributed by atoms with Crippen molar-refractivity contribution in [1.82, 2.24) is 9.55 Å². The van der Waals surface area contributed by atoms with Crippen molar-refractivity contribution in [3.63, 3.8) is 0 Å². The van der Waals surface area contributed by atoms with Gasteiger partial charge in [-0.05, 0) is 29.8 Å². The van der Waals surface area contributed by atoms with Crippen LogP contribution in [0.1, 0.15) is 33.1 Å². The van der Waals surface area contributed by atoms with Crippen LogP contribution in [0.2, 0.25) is 0 Å². The van der Waals surface area contributed by atoms with Gasteiger partial charge in [-0.15, -0.1) is 0 Å². The molecule has 2 aromatic heterocycles. The van der Waals surface area contributed by atoms with E-state index in [0.717, 1.165) is 12.1 Å². The number of halogens is 3. The number of alkyl halides is 3. The van der Waals surface area contributed by atoms with E-state index >= 15 is 0 Å². The number of esters is 1. The molecule has 1 aromatic carbocycles. The maximum atomic E-state index is 13.0. The summed E-state index contributed by atoms with van der Waals surface area (Å²) in [7, 11) is 1.25. The zero-order valence-corrected chi connectivity index (χ0v) is 16.1. The molecular weight excluding hydrogens is 409 g/mol. The van der Waals surface area contributed by atoms with E-state index in [1.54, 1.807) is 16.7 Å². The number of ether oxygens (including phenoxy) is 1. The van der Waals surface area contributed by atoms with Crippen LogP contribution in [0.4, 0.5) is 13.2 Å². The number of nitrogens with zero attached hydrogens (tertiary/aromatic N) is 2. The fraction of sp³-hybridized carbons (Fsp3) is 0.263. The average molecular weight is 426 g/mol. The number of methoxy groups -OCH3 is 1. The van der Waals surface area contributed by atoms with Crippen LogP contribution in [0.25, 0.3) is 0 Å². The van der Waals surface area contributed by atoms with Crippen LogP contribution >= 0.6 is 11.8 Å². The van der Waals surface area contributed by atoms with E-state index in [9.17, 15) is 23.1 Å². The quantitative estimate of drug-likeness (QED) is 0.453. The standard InChI is InChI=1S/C19H17F3N2O4S/c1-27-17(26)16-6-5-15(28-16)11-29-18-23-8-14(10-25)24(18)9-12-3-2-4-13(7-12)19(20,21)22/h2-8,25H,9-11H2,1H3. The second-order valence-electron chi connectivity index (χ2n) is 6.02. The van der Waals surface area contributed by atoms with E-state index < -0.39 is 17.7 Å². The highest BCUT2D eigenvalue weighted by atomic mass is 32.2. The molecule has 10 heteroatoms. The van der Waals surface area contributed by atoms with Gasteiger partial charge in [-0.3, -0.25) is 0 Å². The van der Waals surface area contributed by atoms with Gasteiger partial charge < -0.3 is 18.8 Å². The summed E-state index contributed by atoms with van der Waals surface area (Å²) >= 11 is 1.27. The first kappa shape index (κ1) is 21.0. The maximum absolute atomic E-state index is 13.0. The Morgan fingerprint density at radius 2 is 2.10 bits per heavy atom. The third kappa shape index (κ3) is 5.01. The molecule has 0 saturated carbocycles. The van der Waals surface area contributed by atoms with E-state index in [-0.39, 0.29) is 18.9 Å². The van der Waals surface area contributed by atoms with Gasteiger partial charge in [0.2, 0.25) is 5.76 Å².